The molecule has 0 aromatic heterocycles. The fourth-order valence-electron chi connectivity index (χ4n) is 10.5. The summed E-state index contributed by atoms with van der Waals surface area (Å²) in [6, 6.07) is -6.49. The largest absolute Gasteiger partial charge is 0.508 e. The highest BCUT2D eigenvalue weighted by atomic mass is 16.3. The normalized spacial score (nSPS) is 28.0. The molecule has 3 aliphatic rings. The number of phenolic OH excluding ortho intramolecular Hbond substituents is 1. The van der Waals surface area contributed by atoms with Crippen LogP contribution in [0.2, 0.25) is 0 Å². The van der Waals surface area contributed by atoms with E-state index >= 15 is 0 Å². The summed E-state index contributed by atoms with van der Waals surface area (Å²) in [5, 5.41) is 117. The van der Waals surface area contributed by atoms with Gasteiger partial charge in [-0.05, 0) is 68.7 Å². The number of aliphatic hydroxyl groups excluding tert-OH is 8. The number of aliphatic hydroxyl groups is 8. The Kier molecular flexibility index (Phi) is 28.4. The first-order valence-corrected chi connectivity index (χ1v) is 28.4. The number of hydrogen-bond acceptors (Lipinski definition) is 19. The molecule has 454 valence electrons. The van der Waals surface area contributed by atoms with E-state index in [1.807, 2.05) is 0 Å². The number of amides is 7. The van der Waals surface area contributed by atoms with Crippen LogP contribution in [-0.2, 0) is 33.6 Å². The van der Waals surface area contributed by atoms with Gasteiger partial charge in [-0.1, -0.05) is 77.8 Å². The molecule has 3 saturated heterocycles. The van der Waals surface area contributed by atoms with Crippen molar-refractivity contribution in [3.63, 3.8) is 0 Å². The SMILES string of the molecule is CCC(C)CC(C)CCCCCCCCC(=O)NC1CC(O)C(NCCNCCO)NC(=O)C2C(O)CCN2C(=O)C(C(O)CCN)NC(=O)C(C(O)C(O)c2ccc(O)cc2)NC(=O)C2CC(O)CN2C(=O)C(C(C)O)NC1=O. The maximum atomic E-state index is 14.7. The van der Waals surface area contributed by atoms with Crippen molar-refractivity contribution in [2.45, 2.75) is 203 Å². The lowest BCUT2D eigenvalue weighted by Crippen LogP contribution is -2.65. The third-order valence-electron chi connectivity index (χ3n) is 15.3. The Morgan fingerprint density at radius 2 is 1.36 bits per heavy atom. The standard InChI is InChI=1S/C54H92N10O16/c1-5-30(2)26-31(3)12-10-8-6-7-9-11-13-41(72)58-36-28-40(71)48(57-22-21-56-23-25-65)62-52(78)45-39(70)19-24-63(45)54(80)43(38(69)18-20-55)60-51(77)44(47(74)46(73)33-14-16-34(67)17-15-33)61-50(76)37-27-35(68)29-64(37)53(79)42(32(4)66)59-49(36)75/h14-17,30-32,35-40,42-48,56-57,65-71,73-74H,5-13,18-29,55H2,1-4H3,(H,58,72)(H,59,75)(H,60,77)(H,61,76)(H,62,78). The van der Waals surface area contributed by atoms with E-state index in [4.69, 9.17) is 5.73 Å². The second-order valence-corrected chi connectivity index (χ2v) is 22.0. The minimum absolute atomic E-state index is 0.000238. The van der Waals surface area contributed by atoms with E-state index in [2.05, 4.69) is 58.0 Å². The Bertz CT molecular complexity index is 2130. The molecule has 18 N–H and O–H groups in total. The fraction of sp³-hybridized carbons (Fsp3) is 0.759. The van der Waals surface area contributed by atoms with Crippen molar-refractivity contribution in [1.29, 1.82) is 0 Å². The highest BCUT2D eigenvalue weighted by Crippen LogP contribution is 2.27. The second-order valence-electron chi connectivity index (χ2n) is 22.0. The molecule has 3 aliphatic heterocycles. The maximum Gasteiger partial charge on any atom is 0.248 e. The number of unbranched alkanes of at least 4 members (excludes halogenated alkanes) is 5. The number of fused-ring (bicyclic) bond motifs is 2. The third kappa shape index (κ3) is 20.1. The summed E-state index contributed by atoms with van der Waals surface area (Å²) >= 11 is 0. The zero-order chi connectivity index (χ0) is 59.2. The highest BCUT2D eigenvalue weighted by Gasteiger charge is 2.49. The number of hydrogen-bond donors (Lipinski definition) is 17. The van der Waals surface area contributed by atoms with Crippen molar-refractivity contribution < 1.29 is 79.5 Å². The molecule has 80 heavy (non-hydrogen) atoms. The van der Waals surface area contributed by atoms with Crippen molar-refractivity contribution in [2.75, 3.05) is 45.9 Å². The number of carbonyl (C=O) groups excluding carboxylic acids is 7. The molecule has 7 amide bonds. The zero-order valence-electron chi connectivity index (χ0n) is 46.8. The summed E-state index contributed by atoms with van der Waals surface area (Å²) in [7, 11) is 0. The molecule has 3 fully saturated rings. The Morgan fingerprint density at radius 1 is 0.725 bits per heavy atom. The van der Waals surface area contributed by atoms with E-state index < -0.39 is 146 Å². The van der Waals surface area contributed by atoms with Gasteiger partial charge in [-0.25, -0.2) is 0 Å². The van der Waals surface area contributed by atoms with Gasteiger partial charge in [0, 0.05) is 52.0 Å². The molecule has 1 aromatic rings. The van der Waals surface area contributed by atoms with Crippen LogP contribution < -0.4 is 43.0 Å². The monoisotopic (exact) mass is 1140 g/mol. The number of carbonyl (C=O) groups is 7. The molecular formula is C54H92N10O16. The minimum Gasteiger partial charge on any atom is -0.508 e. The average Bonchev–Trinajstić information content (AvgIpc) is 4.12. The summed E-state index contributed by atoms with van der Waals surface area (Å²) < 4.78 is 0. The van der Waals surface area contributed by atoms with Gasteiger partial charge in [0.05, 0.1) is 37.1 Å². The van der Waals surface area contributed by atoms with Gasteiger partial charge in [0.15, 0.2) is 0 Å². The number of phenols is 1. The summed E-state index contributed by atoms with van der Waals surface area (Å²) in [5.74, 6) is -6.50. The first kappa shape index (κ1) is 67.4. The van der Waals surface area contributed by atoms with Crippen molar-refractivity contribution in [3.8, 4) is 5.75 Å². The van der Waals surface area contributed by atoms with E-state index in [-0.39, 0.29) is 69.9 Å². The molecule has 3 heterocycles. The van der Waals surface area contributed by atoms with Crippen LogP contribution in [-0.4, -0.2) is 222 Å². The molecule has 26 heteroatoms. The first-order chi connectivity index (χ1) is 38.0. The Morgan fingerprint density at radius 3 is 2.01 bits per heavy atom. The first-order valence-electron chi connectivity index (χ1n) is 28.4. The van der Waals surface area contributed by atoms with Gasteiger partial charge in [0.25, 0.3) is 0 Å². The Labute approximate surface area is 468 Å². The third-order valence-corrected chi connectivity index (χ3v) is 15.3. The Balaban J connectivity index is 1.75. The van der Waals surface area contributed by atoms with Crippen LogP contribution in [0.15, 0.2) is 24.3 Å². The van der Waals surface area contributed by atoms with E-state index in [0.717, 1.165) is 55.2 Å². The van der Waals surface area contributed by atoms with Gasteiger partial charge in [-0.15, -0.1) is 0 Å². The molecule has 1 aromatic carbocycles. The molecule has 0 radical (unpaired) electrons. The predicted molar refractivity (Wildman–Crippen MR) is 291 cm³/mol. The molecule has 0 aliphatic carbocycles. The highest BCUT2D eigenvalue weighted by molar-refractivity contribution is 5.98. The number of nitrogens with two attached hydrogens (primary N) is 1. The van der Waals surface area contributed by atoms with Crippen molar-refractivity contribution in [2.24, 2.45) is 17.6 Å². The lowest BCUT2D eigenvalue weighted by atomic mass is 9.91. The zero-order valence-corrected chi connectivity index (χ0v) is 46.8. The minimum atomic E-state index is -2.29. The number of aromatic hydroxyl groups is 1. The predicted octanol–water partition coefficient (Wildman–Crippen LogP) is -3.69. The van der Waals surface area contributed by atoms with Crippen molar-refractivity contribution in [3.05, 3.63) is 29.8 Å². The van der Waals surface area contributed by atoms with Gasteiger partial charge < -0.3 is 93.4 Å². The number of nitrogens with one attached hydrogen (secondary N) is 7. The smallest absolute Gasteiger partial charge is 0.248 e. The molecule has 26 nitrogen and oxygen atoms in total. The number of benzene rings is 1. The van der Waals surface area contributed by atoms with Crippen molar-refractivity contribution >= 4 is 41.4 Å². The summed E-state index contributed by atoms with van der Waals surface area (Å²) in [6.07, 6.45) is -7.17. The lowest BCUT2D eigenvalue weighted by Gasteiger charge is -2.35. The summed E-state index contributed by atoms with van der Waals surface area (Å²) in [6.45, 7) is 6.90. The molecule has 4 rings (SSSR count). The Hall–Kier alpha value is -5.13. The molecule has 0 saturated carbocycles. The second kappa shape index (κ2) is 33.7. The molecule has 0 spiro atoms. The molecule has 16 atom stereocenters. The lowest BCUT2D eigenvalue weighted by molar-refractivity contribution is -0.148. The van der Waals surface area contributed by atoms with Crippen LogP contribution in [0.3, 0.4) is 0 Å². The van der Waals surface area contributed by atoms with Crippen LogP contribution >= 0.6 is 0 Å². The van der Waals surface area contributed by atoms with E-state index in [0.29, 0.717) is 24.7 Å². The van der Waals surface area contributed by atoms with Crippen molar-refractivity contribution in [1.82, 2.24) is 47.0 Å². The van der Waals surface area contributed by atoms with E-state index in [1.54, 1.807) is 0 Å². The van der Waals surface area contributed by atoms with Crippen LogP contribution in [0, 0.1) is 11.8 Å². The summed E-state index contributed by atoms with van der Waals surface area (Å²) in [4.78, 5) is 103. The average molecular weight is 1140 g/mol. The maximum absolute atomic E-state index is 14.7. The number of rotatable bonds is 26. The van der Waals surface area contributed by atoms with Crippen LogP contribution in [0.4, 0.5) is 0 Å². The van der Waals surface area contributed by atoms with Gasteiger partial charge >= 0.3 is 0 Å². The summed E-state index contributed by atoms with van der Waals surface area (Å²) in [5.41, 5.74) is 5.71. The molecular weight excluding hydrogens is 1040 g/mol. The van der Waals surface area contributed by atoms with Gasteiger partial charge in [-0.3, -0.25) is 38.9 Å². The van der Waals surface area contributed by atoms with Crippen LogP contribution in [0.1, 0.15) is 129 Å². The van der Waals surface area contributed by atoms with Gasteiger partial charge in [0.1, 0.15) is 60.4 Å². The van der Waals surface area contributed by atoms with Gasteiger partial charge in [0.2, 0.25) is 41.4 Å². The fourth-order valence-corrected chi connectivity index (χ4v) is 10.5. The van der Waals surface area contributed by atoms with E-state index in [1.165, 1.54) is 30.7 Å². The number of nitrogens with zero attached hydrogens (tertiary/aromatic N) is 2. The van der Waals surface area contributed by atoms with E-state index in [9.17, 15) is 79.5 Å². The molecule has 16 unspecified atom stereocenters. The van der Waals surface area contributed by atoms with Crippen LogP contribution in [0.25, 0.3) is 0 Å². The topological polar surface area (TPSA) is 418 Å². The molecule has 0 bridgehead atoms. The van der Waals surface area contributed by atoms with Crippen LogP contribution in [0.5, 0.6) is 5.75 Å². The van der Waals surface area contributed by atoms with Gasteiger partial charge in [-0.2, -0.15) is 0 Å². The quantitative estimate of drug-likeness (QED) is 0.0397.